The molecule has 5 nitrogen and oxygen atoms in total. The third-order valence-electron chi connectivity index (χ3n) is 3.86. The van der Waals surface area contributed by atoms with Gasteiger partial charge in [-0.1, -0.05) is 48.5 Å². The summed E-state index contributed by atoms with van der Waals surface area (Å²) in [6.45, 7) is 0.673. The number of hydrogen-bond acceptors (Lipinski definition) is 4. The number of rotatable bonds is 8. The zero-order valence-electron chi connectivity index (χ0n) is 14.0. The van der Waals surface area contributed by atoms with E-state index in [2.05, 4.69) is 27.6 Å². The minimum absolute atomic E-state index is 0.00697. The third-order valence-corrected chi connectivity index (χ3v) is 3.86. The summed E-state index contributed by atoms with van der Waals surface area (Å²) in [4.78, 5) is 11.9. The molecule has 0 spiro atoms. The van der Waals surface area contributed by atoms with Crippen molar-refractivity contribution in [3.8, 4) is 11.5 Å². The van der Waals surface area contributed by atoms with E-state index in [0.29, 0.717) is 31.2 Å². The molecule has 0 aliphatic heterocycles. The molecule has 0 unspecified atom stereocenters. The summed E-state index contributed by atoms with van der Waals surface area (Å²) in [6, 6.07) is 19.9. The van der Waals surface area contributed by atoms with Gasteiger partial charge in [-0.2, -0.15) is 0 Å². The largest absolute Gasteiger partial charge is 0.421 e. The van der Waals surface area contributed by atoms with Gasteiger partial charge in [-0.15, -0.1) is 10.2 Å². The molecule has 25 heavy (non-hydrogen) atoms. The van der Waals surface area contributed by atoms with Crippen LogP contribution in [0, 0.1) is 0 Å². The highest BCUT2D eigenvalue weighted by atomic mass is 16.4. The number of aromatic nitrogens is 2. The second kappa shape index (κ2) is 8.78. The van der Waals surface area contributed by atoms with Gasteiger partial charge < -0.3 is 9.73 Å². The Hall–Kier alpha value is -2.95. The summed E-state index contributed by atoms with van der Waals surface area (Å²) in [5.41, 5.74) is 2.17. The fourth-order valence-electron chi connectivity index (χ4n) is 2.53. The normalized spacial score (nSPS) is 10.6. The first-order valence-corrected chi connectivity index (χ1v) is 8.50. The van der Waals surface area contributed by atoms with Gasteiger partial charge >= 0.3 is 0 Å². The molecular weight excluding hydrogens is 314 g/mol. The molecule has 128 valence electrons. The van der Waals surface area contributed by atoms with Crippen molar-refractivity contribution in [1.29, 1.82) is 0 Å². The second-order valence-electron chi connectivity index (χ2n) is 5.81. The molecule has 1 N–H and O–H groups in total. The molecule has 5 heteroatoms. The van der Waals surface area contributed by atoms with E-state index >= 15 is 0 Å². The number of carbonyl (C=O) groups excluding carboxylic acids is 1. The Morgan fingerprint density at radius 3 is 2.40 bits per heavy atom. The smallest absolute Gasteiger partial charge is 0.247 e. The van der Waals surface area contributed by atoms with E-state index in [1.807, 2.05) is 48.5 Å². The zero-order chi connectivity index (χ0) is 17.3. The van der Waals surface area contributed by atoms with Gasteiger partial charge in [-0.05, 0) is 30.5 Å². The highest BCUT2D eigenvalue weighted by Crippen LogP contribution is 2.17. The average Bonchev–Trinajstić information content (AvgIpc) is 3.14. The molecular formula is C20H21N3O2. The van der Waals surface area contributed by atoms with E-state index < -0.39 is 0 Å². The molecule has 1 aromatic heterocycles. The first kappa shape index (κ1) is 16.9. The maximum atomic E-state index is 11.9. The standard InChI is InChI=1S/C20H21N3O2/c24-18(21-15-7-10-16-8-3-1-4-9-16)13-14-19-22-23-20(25-19)17-11-5-2-6-12-17/h1-6,8-9,11-12H,7,10,13-15H2,(H,21,24). The number of hydrogen-bond donors (Lipinski definition) is 1. The van der Waals surface area contributed by atoms with Crippen LogP contribution in [0.4, 0.5) is 0 Å². The maximum Gasteiger partial charge on any atom is 0.247 e. The van der Waals surface area contributed by atoms with Gasteiger partial charge in [0.05, 0.1) is 0 Å². The minimum Gasteiger partial charge on any atom is -0.421 e. The van der Waals surface area contributed by atoms with Crippen LogP contribution in [0.5, 0.6) is 0 Å². The molecule has 0 saturated carbocycles. The lowest BCUT2D eigenvalue weighted by Gasteiger charge is -2.04. The molecule has 0 bridgehead atoms. The van der Waals surface area contributed by atoms with Gasteiger partial charge in [0.15, 0.2) is 0 Å². The lowest BCUT2D eigenvalue weighted by molar-refractivity contribution is -0.121. The summed E-state index contributed by atoms with van der Waals surface area (Å²) < 4.78 is 5.60. The molecule has 1 heterocycles. The van der Waals surface area contributed by atoms with Gasteiger partial charge in [0.25, 0.3) is 0 Å². The number of nitrogens with zero attached hydrogens (tertiary/aromatic N) is 2. The van der Waals surface area contributed by atoms with Crippen LogP contribution in [0.25, 0.3) is 11.5 Å². The van der Waals surface area contributed by atoms with Crippen molar-refractivity contribution >= 4 is 5.91 Å². The molecule has 2 aromatic carbocycles. The first-order valence-electron chi connectivity index (χ1n) is 8.50. The summed E-state index contributed by atoms with van der Waals surface area (Å²) in [5.74, 6) is 0.977. The Morgan fingerprint density at radius 1 is 0.920 bits per heavy atom. The summed E-state index contributed by atoms with van der Waals surface area (Å²) in [5, 5.41) is 11.0. The topological polar surface area (TPSA) is 68.0 Å². The molecule has 0 aliphatic rings. The van der Waals surface area contributed by atoms with Crippen molar-refractivity contribution in [2.75, 3.05) is 6.54 Å². The molecule has 0 fully saturated rings. The predicted octanol–water partition coefficient (Wildman–Crippen LogP) is 3.42. The monoisotopic (exact) mass is 335 g/mol. The Balaban J connectivity index is 1.37. The number of nitrogens with one attached hydrogen (secondary N) is 1. The van der Waals surface area contributed by atoms with E-state index in [1.54, 1.807) is 0 Å². The molecule has 0 atom stereocenters. The van der Waals surface area contributed by atoms with Crippen LogP contribution in [0.15, 0.2) is 65.1 Å². The molecule has 1 amide bonds. The number of aryl methyl sites for hydroxylation is 2. The highest BCUT2D eigenvalue weighted by molar-refractivity contribution is 5.75. The fraction of sp³-hybridized carbons (Fsp3) is 0.250. The second-order valence-corrected chi connectivity index (χ2v) is 5.81. The maximum absolute atomic E-state index is 11.9. The average molecular weight is 335 g/mol. The highest BCUT2D eigenvalue weighted by Gasteiger charge is 2.10. The van der Waals surface area contributed by atoms with Crippen molar-refractivity contribution in [3.05, 3.63) is 72.1 Å². The van der Waals surface area contributed by atoms with Gasteiger partial charge in [-0.3, -0.25) is 4.79 Å². The van der Waals surface area contributed by atoms with Gasteiger partial charge in [0.2, 0.25) is 17.7 Å². The van der Waals surface area contributed by atoms with Crippen LogP contribution in [-0.4, -0.2) is 22.6 Å². The summed E-state index contributed by atoms with van der Waals surface area (Å²) in [7, 11) is 0. The first-order chi connectivity index (χ1) is 12.3. The number of amides is 1. The van der Waals surface area contributed by atoms with Crippen LogP contribution < -0.4 is 5.32 Å². The molecule has 0 saturated heterocycles. The Kier molecular flexibility index (Phi) is 5.93. The van der Waals surface area contributed by atoms with Crippen LogP contribution in [-0.2, 0) is 17.6 Å². The molecule has 3 rings (SSSR count). The minimum atomic E-state index is 0.00697. The lowest BCUT2D eigenvalue weighted by Crippen LogP contribution is -2.25. The quantitative estimate of drug-likeness (QED) is 0.641. The fourth-order valence-corrected chi connectivity index (χ4v) is 2.53. The van der Waals surface area contributed by atoms with E-state index in [9.17, 15) is 4.79 Å². The van der Waals surface area contributed by atoms with Crippen LogP contribution in [0.2, 0.25) is 0 Å². The summed E-state index contributed by atoms with van der Waals surface area (Å²) >= 11 is 0. The van der Waals surface area contributed by atoms with E-state index in [4.69, 9.17) is 4.42 Å². The third kappa shape index (κ3) is 5.28. The van der Waals surface area contributed by atoms with E-state index in [0.717, 1.165) is 18.4 Å². The molecule has 0 radical (unpaired) electrons. The van der Waals surface area contributed by atoms with Gasteiger partial charge in [0, 0.05) is 24.9 Å². The van der Waals surface area contributed by atoms with Crippen molar-refractivity contribution in [2.24, 2.45) is 0 Å². The number of benzene rings is 2. The van der Waals surface area contributed by atoms with Crippen molar-refractivity contribution in [3.63, 3.8) is 0 Å². The zero-order valence-corrected chi connectivity index (χ0v) is 14.0. The van der Waals surface area contributed by atoms with Crippen LogP contribution in [0.3, 0.4) is 0 Å². The van der Waals surface area contributed by atoms with Crippen LogP contribution in [0.1, 0.15) is 24.3 Å². The lowest BCUT2D eigenvalue weighted by atomic mass is 10.1. The van der Waals surface area contributed by atoms with Crippen molar-refractivity contribution in [2.45, 2.75) is 25.7 Å². The Morgan fingerprint density at radius 2 is 1.64 bits per heavy atom. The molecule has 3 aromatic rings. The van der Waals surface area contributed by atoms with Crippen molar-refractivity contribution in [1.82, 2.24) is 15.5 Å². The number of carbonyl (C=O) groups is 1. The van der Waals surface area contributed by atoms with Gasteiger partial charge in [-0.25, -0.2) is 0 Å². The molecule has 0 aliphatic carbocycles. The predicted molar refractivity (Wildman–Crippen MR) is 95.8 cm³/mol. The van der Waals surface area contributed by atoms with Crippen LogP contribution >= 0.6 is 0 Å². The summed E-state index contributed by atoms with van der Waals surface area (Å²) in [6.07, 6.45) is 2.69. The van der Waals surface area contributed by atoms with E-state index in [-0.39, 0.29) is 5.91 Å². The van der Waals surface area contributed by atoms with Gasteiger partial charge in [0.1, 0.15) is 0 Å². The SMILES string of the molecule is O=C(CCc1nnc(-c2ccccc2)o1)NCCCc1ccccc1. The van der Waals surface area contributed by atoms with Crippen molar-refractivity contribution < 1.29 is 9.21 Å². The van der Waals surface area contributed by atoms with E-state index in [1.165, 1.54) is 5.56 Å². The Labute approximate surface area is 147 Å². The Bertz CT molecular complexity index is 785.